The van der Waals surface area contributed by atoms with Crippen LogP contribution in [0.1, 0.15) is 23.8 Å². The Balaban J connectivity index is 0.00000364. The van der Waals surface area contributed by atoms with Gasteiger partial charge in [0.05, 0.1) is 18.0 Å². The van der Waals surface area contributed by atoms with Gasteiger partial charge in [0.2, 0.25) is 0 Å². The zero-order chi connectivity index (χ0) is 18.6. The van der Waals surface area contributed by atoms with E-state index in [1.165, 1.54) is 17.0 Å². The fraction of sp³-hybridized carbons (Fsp3) is 0.389. The number of nitro benzene ring substituents is 1. The van der Waals surface area contributed by atoms with E-state index < -0.39 is 4.92 Å². The van der Waals surface area contributed by atoms with Crippen LogP contribution in [0.25, 0.3) is 0 Å². The van der Waals surface area contributed by atoms with Crippen LogP contribution in [0.4, 0.5) is 5.69 Å². The van der Waals surface area contributed by atoms with E-state index in [1.807, 2.05) is 18.4 Å². The van der Waals surface area contributed by atoms with Crippen LogP contribution in [0.5, 0.6) is 0 Å². The van der Waals surface area contributed by atoms with Crippen LogP contribution in [0.2, 0.25) is 0 Å². The van der Waals surface area contributed by atoms with Crippen LogP contribution < -0.4 is 10.6 Å². The van der Waals surface area contributed by atoms with Gasteiger partial charge < -0.3 is 15.4 Å². The maximum Gasteiger partial charge on any atom is 0.269 e. The Labute approximate surface area is 180 Å². The van der Waals surface area contributed by atoms with Gasteiger partial charge in [0.15, 0.2) is 5.96 Å². The van der Waals surface area contributed by atoms with Crippen molar-refractivity contribution in [3.05, 3.63) is 62.3 Å². The summed E-state index contributed by atoms with van der Waals surface area (Å²) in [6.45, 7) is 5.32. The standard InChI is InChI=1S/C18H24N4O3S.HI/c1-2-25-11-4-10-19-18(21-14-17-5-3-12-26-17)20-13-15-6-8-16(9-7-15)22(23)24;/h3,5-9,12H,2,4,10-11,13-14H2,1H3,(H2,19,20,21);1H. The Morgan fingerprint density at radius 3 is 2.67 bits per heavy atom. The van der Waals surface area contributed by atoms with Gasteiger partial charge in [-0.25, -0.2) is 4.99 Å². The highest BCUT2D eigenvalue weighted by atomic mass is 127. The third-order valence-corrected chi connectivity index (χ3v) is 4.42. The Kier molecular flexibility index (Phi) is 11.6. The second-order valence-corrected chi connectivity index (χ2v) is 6.53. The van der Waals surface area contributed by atoms with Crippen LogP contribution in [0.15, 0.2) is 46.8 Å². The molecule has 0 amide bonds. The Morgan fingerprint density at radius 2 is 2.04 bits per heavy atom. The van der Waals surface area contributed by atoms with Crippen molar-refractivity contribution in [2.45, 2.75) is 26.4 Å². The van der Waals surface area contributed by atoms with Crippen LogP contribution >= 0.6 is 35.3 Å². The predicted molar refractivity (Wildman–Crippen MR) is 120 cm³/mol. The molecule has 0 saturated carbocycles. The molecule has 2 aromatic rings. The number of hydrogen-bond acceptors (Lipinski definition) is 5. The monoisotopic (exact) mass is 504 g/mol. The normalized spacial score (nSPS) is 10.9. The van der Waals surface area contributed by atoms with Gasteiger partial charge >= 0.3 is 0 Å². The Bertz CT molecular complexity index is 693. The molecule has 0 radical (unpaired) electrons. The average Bonchev–Trinajstić information content (AvgIpc) is 3.17. The van der Waals surface area contributed by atoms with Gasteiger partial charge in [0, 0.05) is 36.8 Å². The van der Waals surface area contributed by atoms with Crippen LogP contribution in [-0.2, 0) is 17.8 Å². The molecule has 0 saturated heterocycles. The lowest BCUT2D eigenvalue weighted by molar-refractivity contribution is -0.384. The van der Waals surface area contributed by atoms with E-state index in [9.17, 15) is 10.1 Å². The summed E-state index contributed by atoms with van der Waals surface area (Å²) in [6, 6.07) is 10.5. The molecule has 9 heteroatoms. The molecule has 1 aromatic heterocycles. The first kappa shape index (κ1) is 23.3. The van der Waals surface area contributed by atoms with E-state index in [4.69, 9.17) is 4.74 Å². The molecule has 2 N–H and O–H groups in total. The summed E-state index contributed by atoms with van der Waals surface area (Å²) in [4.78, 5) is 16.1. The van der Waals surface area contributed by atoms with Gasteiger partial charge in [0.1, 0.15) is 0 Å². The number of rotatable bonds is 10. The first-order chi connectivity index (χ1) is 12.7. The van der Waals surface area contributed by atoms with Crippen molar-refractivity contribution < 1.29 is 9.66 Å². The minimum atomic E-state index is -0.402. The van der Waals surface area contributed by atoms with Crippen molar-refractivity contribution in [2.24, 2.45) is 4.99 Å². The molecular weight excluding hydrogens is 479 g/mol. The molecule has 0 unspecified atom stereocenters. The zero-order valence-corrected chi connectivity index (χ0v) is 18.4. The molecule has 1 aromatic carbocycles. The molecule has 0 aliphatic heterocycles. The number of non-ortho nitro benzene ring substituents is 1. The van der Waals surface area contributed by atoms with E-state index >= 15 is 0 Å². The topological polar surface area (TPSA) is 88.8 Å². The molecule has 7 nitrogen and oxygen atoms in total. The molecule has 0 spiro atoms. The number of aliphatic imine (C=N–C) groups is 1. The van der Waals surface area contributed by atoms with Gasteiger partial charge in [-0.2, -0.15) is 0 Å². The van der Waals surface area contributed by atoms with E-state index in [-0.39, 0.29) is 29.7 Å². The zero-order valence-electron chi connectivity index (χ0n) is 15.2. The highest BCUT2D eigenvalue weighted by Gasteiger charge is 2.04. The lowest BCUT2D eigenvalue weighted by Gasteiger charge is -2.12. The molecule has 0 aliphatic carbocycles. The van der Waals surface area contributed by atoms with Gasteiger partial charge in [-0.1, -0.05) is 18.2 Å². The minimum absolute atomic E-state index is 0. The molecule has 0 atom stereocenters. The molecular formula is C18H25IN4O3S. The lowest BCUT2D eigenvalue weighted by Crippen LogP contribution is -2.37. The fourth-order valence-electron chi connectivity index (χ4n) is 2.18. The highest BCUT2D eigenvalue weighted by molar-refractivity contribution is 14.0. The molecule has 0 bridgehead atoms. The largest absolute Gasteiger partial charge is 0.382 e. The van der Waals surface area contributed by atoms with Crippen molar-refractivity contribution in [3.8, 4) is 0 Å². The molecule has 148 valence electrons. The van der Waals surface area contributed by atoms with E-state index in [2.05, 4.69) is 21.7 Å². The van der Waals surface area contributed by atoms with Crippen molar-refractivity contribution in [1.82, 2.24) is 10.6 Å². The lowest BCUT2D eigenvalue weighted by atomic mass is 10.2. The van der Waals surface area contributed by atoms with Crippen LogP contribution in [0, 0.1) is 10.1 Å². The number of nitrogens with one attached hydrogen (secondary N) is 2. The molecule has 0 fully saturated rings. The average molecular weight is 504 g/mol. The number of guanidine groups is 1. The van der Waals surface area contributed by atoms with Gasteiger partial charge in [-0.05, 0) is 30.4 Å². The maximum atomic E-state index is 10.7. The Morgan fingerprint density at radius 1 is 1.26 bits per heavy atom. The molecule has 27 heavy (non-hydrogen) atoms. The second kappa shape index (κ2) is 13.4. The van der Waals surface area contributed by atoms with Gasteiger partial charge in [0.25, 0.3) is 5.69 Å². The smallest absolute Gasteiger partial charge is 0.269 e. The summed E-state index contributed by atoms with van der Waals surface area (Å²) in [5, 5.41) is 19.4. The second-order valence-electron chi connectivity index (χ2n) is 5.50. The van der Waals surface area contributed by atoms with E-state index in [0.29, 0.717) is 25.7 Å². The number of benzene rings is 1. The first-order valence-corrected chi connectivity index (χ1v) is 9.42. The highest BCUT2D eigenvalue weighted by Crippen LogP contribution is 2.12. The summed E-state index contributed by atoms with van der Waals surface area (Å²) < 4.78 is 5.34. The fourth-order valence-corrected chi connectivity index (χ4v) is 2.82. The van der Waals surface area contributed by atoms with Gasteiger partial charge in [-0.15, -0.1) is 35.3 Å². The van der Waals surface area contributed by atoms with Crippen molar-refractivity contribution in [1.29, 1.82) is 0 Å². The number of halogens is 1. The van der Waals surface area contributed by atoms with Gasteiger partial charge in [-0.3, -0.25) is 10.1 Å². The first-order valence-electron chi connectivity index (χ1n) is 8.54. The SMILES string of the molecule is CCOCCCNC(=NCc1ccc([N+](=O)[O-])cc1)NCc1cccs1.I. The van der Waals surface area contributed by atoms with E-state index in [1.54, 1.807) is 23.5 Å². The van der Waals surface area contributed by atoms with Crippen molar-refractivity contribution in [3.63, 3.8) is 0 Å². The van der Waals surface area contributed by atoms with Crippen molar-refractivity contribution in [2.75, 3.05) is 19.8 Å². The maximum absolute atomic E-state index is 10.7. The van der Waals surface area contributed by atoms with Crippen molar-refractivity contribution >= 4 is 47.0 Å². The summed E-state index contributed by atoms with van der Waals surface area (Å²) in [5.41, 5.74) is 1.00. The third-order valence-electron chi connectivity index (χ3n) is 3.54. The molecule has 0 aliphatic rings. The summed E-state index contributed by atoms with van der Waals surface area (Å²) in [6.07, 6.45) is 0.894. The number of thiophene rings is 1. The number of ether oxygens (including phenoxy) is 1. The van der Waals surface area contributed by atoms with E-state index in [0.717, 1.165) is 25.1 Å². The van der Waals surface area contributed by atoms with Crippen LogP contribution in [-0.4, -0.2) is 30.6 Å². The Hall–Kier alpha value is -1.72. The quantitative estimate of drug-likeness (QED) is 0.128. The third kappa shape index (κ3) is 9.16. The summed E-state index contributed by atoms with van der Waals surface area (Å²) in [5.74, 6) is 0.716. The number of hydrogen-bond donors (Lipinski definition) is 2. The predicted octanol–water partition coefficient (Wildman–Crippen LogP) is 3.94. The van der Waals surface area contributed by atoms with Crippen LogP contribution in [0.3, 0.4) is 0 Å². The number of nitro groups is 1. The minimum Gasteiger partial charge on any atom is -0.382 e. The summed E-state index contributed by atoms with van der Waals surface area (Å²) in [7, 11) is 0. The summed E-state index contributed by atoms with van der Waals surface area (Å²) >= 11 is 1.69. The number of nitrogens with zero attached hydrogens (tertiary/aromatic N) is 2. The molecule has 1 heterocycles. The molecule has 2 rings (SSSR count).